The van der Waals surface area contributed by atoms with Gasteiger partial charge in [0.25, 0.3) is 11.8 Å². The highest BCUT2D eigenvalue weighted by atomic mass is 16.5. The minimum atomic E-state index is -1.06. The fourth-order valence-electron chi connectivity index (χ4n) is 2.60. The molecule has 3 aliphatic rings. The molecule has 0 saturated carbocycles. The molecule has 2 N–H and O–H groups in total. The lowest BCUT2D eigenvalue weighted by atomic mass is 10.0. The second-order valence-electron chi connectivity index (χ2n) is 7.11. The molecule has 0 radical (unpaired) electrons. The minimum Gasteiger partial charge on any atom is -0.479 e. The number of urea groups is 2. The Morgan fingerprint density at radius 2 is 1.42 bits per heavy atom. The van der Waals surface area contributed by atoms with Crippen LogP contribution in [0.15, 0.2) is 4.99 Å². The number of carbonyl (C=O) groups excluding carboxylic acids is 4. The van der Waals surface area contributed by atoms with Crippen molar-refractivity contribution in [2.24, 2.45) is 4.99 Å². The van der Waals surface area contributed by atoms with Crippen LogP contribution in [-0.2, 0) is 14.3 Å². The van der Waals surface area contributed by atoms with Gasteiger partial charge >= 0.3 is 12.1 Å². The molecule has 10 heteroatoms. The number of imide groups is 2. The SMILES string of the molecule is CC1(C)C(=O)NC(=O)N1CN1C(=O)NC(=O)C1(C)C.CCC1=NCCO1. The molecule has 3 rings (SSSR count). The van der Waals surface area contributed by atoms with Crippen LogP contribution in [0.25, 0.3) is 0 Å². The number of rotatable bonds is 3. The van der Waals surface area contributed by atoms with Gasteiger partial charge in [-0.2, -0.15) is 0 Å². The van der Waals surface area contributed by atoms with Crippen LogP contribution in [0.4, 0.5) is 9.59 Å². The van der Waals surface area contributed by atoms with E-state index in [1.165, 1.54) is 9.80 Å². The fraction of sp³-hybridized carbons (Fsp3) is 0.688. The zero-order chi connectivity index (χ0) is 19.7. The summed E-state index contributed by atoms with van der Waals surface area (Å²) in [5.74, 6) is 0.0578. The maximum atomic E-state index is 11.7. The molecule has 3 aliphatic heterocycles. The van der Waals surface area contributed by atoms with E-state index in [1.54, 1.807) is 27.7 Å². The average molecular weight is 367 g/mol. The molecule has 10 nitrogen and oxygen atoms in total. The normalized spacial score (nSPS) is 23.2. The maximum absolute atomic E-state index is 11.7. The van der Waals surface area contributed by atoms with Crippen molar-refractivity contribution in [1.82, 2.24) is 20.4 Å². The van der Waals surface area contributed by atoms with Gasteiger partial charge in [-0.05, 0) is 27.7 Å². The van der Waals surface area contributed by atoms with Crippen molar-refractivity contribution < 1.29 is 23.9 Å². The van der Waals surface area contributed by atoms with Crippen LogP contribution in [0.3, 0.4) is 0 Å². The lowest BCUT2D eigenvalue weighted by molar-refractivity contribution is -0.127. The van der Waals surface area contributed by atoms with Crippen molar-refractivity contribution in [2.45, 2.75) is 52.1 Å². The highest BCUT2D eigenvalue weighted by Crippen LogP contribution is 2.26. The largest absolute Gasteiger partial charge is 0.479 e. The number of carbonyl (C=O) groups is 4. The molecule has 0 aliphatic carbocycles. The quantitative estimate of drug-likeness (QED) is 0.701. The van der Waals surface area contributed by atoms with Gasteiger partial charge in [0.2, 0.25) is 0 Å². The summed E-state index contributed by atoms with van der Waals surface area (Å²) in [5, 5.41) is 4.38. The van der Waals surface area contributed by atoms with Crippen molar-refractivity contribution >= 4 is 29.8 Å². The molecule has 26 heavy (non-hydrogen) atoms. The van der Waals surface area contributed by atoms with E-state index in [9.17, 15) is 19.2 Å². The van der Waals surface area contributed by atoms with E-state index in [4.69, 9.17) is 4.74 Å². The van der Waals surface area contributed by atoms with Crippen LogP contribution in [0.5, 0.6) is 0 Å². The van der Waals surface area contributed by atoms with E-state index in [0.29, 0.717) is 0 Å². The molecule has 0 aromatic carbocycles. The van der Waals surface area contributed by atoms with Gasteiger partial charge in [-0.25, -0.2) is 9.59 Å². The molecule has 0 bridgehead atoms. The van der Waals surface area contributed by atoms with Gasteiger partial charge in [0.1, 0.15) is 24.4 Å². The summed E-state index contributed by atoms with van der Waals surface area (Å²) in [6.07, 6.45) is 0.944. The van der Waals surface area contributed by atoms with E-state index in [-0.39, 0.29) is 6.67 Å². The molecule has 144 valence electrons. The first-order valence-electron chi connectivity index (χ1n) is 8.44. The van der Waals surface area contributed by atoms with Crippen LogP contribution in [0, 0.1) is 0 Å². The molecular formula is C16H25N5O5. The predicted octanol–water partition coefficient (Wildman–Crippen LogP) is 0.430. The van der Waals surface area contributed by atoms with Crippen molar-refractivity contribution in [3.05, 3.63) is 0 Å². The lowest BCUT2D eigenvalue weighted by Crippen LogP contribution is -2.55. The van der Waals surface area contributed by atoms with Crippen LogP contribution in [0.2, 0.25) is 0 Å². The second kappa shape index (κ2) is 6.93. The van der Waals surface area contributed by atoms with Gasteiger partial charge in [0, 0.05) is 6.42 Å². The first-order chi connectivity index (χ1) is 12.0. The third-order valence-corrected chi connectivity index (χ3v) is 4.63. The summed E-state index contributed by atoms with van der Waals surface area (Å²) in [7, 11) is 0. The minimum absolute atomic E-state index is 0.130. The average Bonchev–Trinajstić information content (AvgIpc) is 3.18. The summed E-state index contributed by atoms with van der Waals surface area (Å²) in [6.45, 7) is 9.89. The molecular weight excluding hydrogens is 342 g/mol. The Balaban J connectivity index is 0.000000290. The number of hydrogen-bond acceptors (Lipinski definition) is 6. The number of aliphatic imine (C=N–C) groups is 1. The Morgan fingerprint density at radius 1 is 0.962 bits per heavy atom. The molecule has 2 fully saturated rings. The van der Waals surface area contributed by atoms with Gasteiger partial charge in [0.05, 0.1) is 6.54 Å². The smallest absolute Gasteiger partial charge is 0.326 e. The van der Waals surface area contributed by atoms with Gasteiger partial charge in [-0.3, -0.25) is 35.0 Å². The molecule has 2 saturated heterocycles. The van der Waals surface area contributed by atoms with Crippen LogP contribution in [0.1, 0.15) is 41.0 Å². The molecule has 6 amide bonds. The number of nitrogens with zero attached hydrogens (tertiary/aromatic N) is 3. The Kier molecular flexibility index (Phi) is 5.24. The number of ether oxygens (including phenoxy) is 1. The molecule has 0 atom stereocenters. The Hall–Kier alpha value is -2.65. The third kappa shape index (κ3) is 3.49. The number of nitrogens with one attached hydrogen (secondary N) is 2. The lowest BCUT2D eigenvalue weighted by Gasteiger charge is -2.35. The highest BCUT2D eigenvalue weighted by Gasteiger charge is 2.51. The fourth-order valence-corrected chi connectivity index (χ4v) is 2.60. The zero-order valence-electron chi connectivity index (χ0n) is 15.7. The van der Waals surface area contributed by atoms with E-state index < -0.39 is 35.0 Å². The molecule has 3 heterocycles. The predicted molar refractivity (Wildman–Crippen MR) is 92.3 cm³/mol. The monoisotopic (exact) mass is 367 g/mol. The van der Waals surface area contributed by atoms with E-state index in [1.807, 2.05) is 6.92 Å². The van der Waals surface area contributed by atoms with E-state index in [2.05, 4.69) is 15.6 Å². The second-order valence-corrected chi connectivity index (χ2v) is 7.11. The topological polar surface area (TPSA) is 120 Å². The molecule has 0 aromatic rings. The first-order valence-corrected chi connectivity index (χ1v) is 8.44. The molecule has 0 aromatic heterocycles. The Labute approximate surface area is 151 Å². The van der Waals surface area contributed by atoms with Crippen molar-refractivity contribution in [3.8, 4) is 0 Å². The van der Waals surface area contributed by atoms with Crippen molar-refractivity contribution in [2.75, 3.05) is 19.8 Å². The van der Waals surface area contributed by atoms with E-state index in [0.717, 1.165) is 25.5 Å². The maximum Gasteiger partial charge on any atom is 0.326 e. The number of hydrogen-bond donors (Lipinski definition) is 2. The Morgan fingerprint density at radius 3 is 1.65 bits per heavy atom. The van der Waals surface area contributed by atoms with Crippen LogP contribution >= 0.6 is 0 Å². The van der Waals surface area contributed by atoms with Crippen molar-refractivity contribution in [3.63, 3.8) is 0 Å². The summed E-state index contributed by atoms with van der Waals surface area (Å²) < 4.78 is 5.05. The van der Waals surface area contributed by atoms with Crippen LogP contribution in [-0.4, -0.2) is 70.5 Å². The number of amides is 6. The van der Waals surface area contributed by atoms with E-state index >= 15 is 0 Å². The standard InChI is InChI=1S/C11H16N4O4.C5H9NO/c1-10(2)6(16)12-8(18)14(10)5-15-9(19)13-7(17)11(15,3)4;1-2-5-6-3-4-7-5/h5H2,1-4H3,(H,12,16,18)(H,13,17,19);2-4H2,1H3. The first kappa shape index (κ1) is 19.7. The highest BCUT2D eigenvalue weighted by molar-refractivity contribution is 6.08. The summed E-state index contributed by atoms with van der Waals surface area (Å²) in [4.78, 5) is 53.3. The summed E-state index contributed by atoms with van der Waals surface area (Å²) in [5.41, 5.74) is -2.11. The van der Waals surface area contributed by atoms with Gasteiger partial charge in [-0.1, -0.05) is 6.92 Å². The molecule has 0 unspecified atom stereocenters. The van der Waals surface area contributed by atoms with Gasteiger partial charge in [0.15, 0.2) is 5.90 Å². The molecule has 0 spiro atoms. The van der Waals surface area contributed by atoms with Crippen molar-refractivity contribution in [1.29, 1.82) is 0 Å². The third-order valence-electron chi connectivity index (χ3n) is 4.63. The van der Waals surface area contributed by atoms with Gasteiger partial charge in [-0.15, -0.1) is 0 Å². The summed E-state index contributed by atoms with van der Waals surface area (Å²) >= 11 is 0. The summed E-state index contributed by atoms with van der Waals surface area (Å²) in [6, 6.07) is -1.14. The Bertz CT molecular complexity index is 626. The van der Waals surface area contributed by atoms with Gasteiger partial charge < -0.3 is 4.74 Å². The van der Waals surface area contributed by atoms with Crippen LogP contribution < -0.4 is 10.6 Å². The zero-order valence-corrected chi connectivity index (χ0v) is 15.7.